The third-order valence-electron chi connectivity index (χ3n) is 2.46. The molecule has 0 aromatic heterocycles. The van der Waals surface area contributed by atoms with E-state index >= 15 is 0 Å². The van der Waals surface area contributed by atoms with Crippen LogP contribution < -0.4 is 5.32 Å². The average molecular weight is 233 g/mol. The number of hydrogen-bond acceptors (Lipinski definition) is 6. The first kappa shape index (κ1) is 13.0. The first-order valence-corrected chi connectivity index (χ1v) is 4.89. The quantitative estimate of drug-likeness (QED) is 0.389. The van der Waals surface area contributed by atoms with Crippen molar-refractivity contribution in [1.29, 1.82) is 0 Å². The number of aldehydes is 1. The van der Waals surface area contributed by atoms with Crippen LogP contribution in [0.2, 0.25) is 0 Å². The monoisotopic (exact) mass is 233 g/mol. The molecule has 7 nitrogen and oxygen atoms in total. The van der Waals surface area contributed by atoms with Gasteiger partial charge in [-0.3, -0.25) is 4.79 Å². The highest BCUT2D eigenvalue weighted by molar-refractivity contribution is 5.84. The molecule has 1 heterocycles. The fourth-order valence-electron chi connectivity index (χ4n) is 1.48. The smallest absolute Gasteiger partial charge is 0.249 e. The van der Waals surface area contributed by atoms with Gasteiger partial charge in [-0.1, -0.05) is 0 Å². The zero-order valence-electron chi connectivity index (χ0n) is 8.74. The lowest BCUT2D eigenvalue weighted by atomic mass is 9.99. The van der Waals surface area contributed by atoms with Gasteiger partial charge in [0.15, 0.2) is 0 Å². The minimum absolute atomic E-state index is 0.418. The molecule has 16 heavy (non-hydrogen) atoms. The van der Waals surface area contributed by atoms with Gasteiger partial charge in [-0.05, 0) is 6.92 Å². The molecule has 0 aromatic carbocycles. The summed E-state index contributed by atoms with van der Waals surface area (Å²) in [4.78, 5) is 21.9. The van der Waals surface area contributed by atoms with Crippen molar-refractivity contribution in [3.8, 4) is 0 Å². The Hall–Kier alpha value is -1.02. The molecule has 0 radical (unpaired) electrons. The summed E-state index contributed by atoms with van der Waals surface area (Å²) < 4.78 is 5.12. The maximum atomic E-state index is 11.2. The van der Waals surface area contributed by atoms with E-state index in [1.807, 2.05) is 0 Å². The molecule has 1 aliphatic heterocycles. The highest BCUT2D eigenvalue weighted by atomic mass is 16.5. The van der Waals surface area contributed by atoms with E-state index in [0.29, 0.717) is 6.29 Å². The van der Waals surface area contributed by atoms with Crippen LogP contribution in [0.25, 0.3) is 0 Å². The van der Waals surface area contributed by atoms with Gasteiger partial charge >= 0.3 is 0 Å². The van der Waals surface area contributed by atoms with Crippen molar-refractivity contribution in [2.75, 3.05) is 6.61 Å². The molecule has 0 saturated carbocycles. The molecule has 0 spiro atoms. The van der Waals surface area contributed by atoms with E-state index in [4.69, 9.17) is 9.84 Å². The fraction of sp³-hybridized carbons (Fsp3) is 0.778. The van der Waals surface area contributed by atoms with Crippen molar-refractivity contribution in [2.45, 2.75) is 37.4 Å². The summed E-state index contributed by atoms with van der Waals surface area (Å²) in [6.07, 6.45) is -4.33. The molecule has 2 unspecified atom stereocenters. The van der Waals surface area contributed by atoms with E-state index in [-0.39, 0.29) is 0 Å². The SMILES string of the molecule is C[C@H]1OC([C@H](O)C(O)CO)[C@H](C=O)NC1=O. The van der Waals surface area contributed by atoms with Gasteiger partial charge < -0.3 is 30.2 Å². The molecule has 5 atom stereocenters. The molecule has 1 amide bonds. The molecule has 4 N–H and O–H groups in total. The normalized spacial score (nSPS) is 34.0. The van der Waals surface area contributed by atoms with Crippen LogP contribution in [0.1, 0.15) is 6.92 Å². The van der Waals surface area contributed by atoms with Gasteiger partial charge in [0.2, 0.25) is 5.91 Å². The summed E-state index contributed by atoms with van der Waals surface area (Å²) >= 11 is 0. The molecule has 1 fully saturated rings. The van der Waals surface area contributed by atoms with Crippen LogP contribution in [0.5, 0.6) is 0 Å². The molecule has 92 valence electrons. The van der Waals surface area contributed by atoms with Crippen LogP contribution in [0.3, 0.4) is 0 Å². The Morgan fingerprint density at radius 2 is 2.19 bits per heavy atom. The Bertz CT molecular complexity index is 271. The first-order chi connectivity index (χ1) is 7.51. The lowest BCUT2D eigenvalue weighted by molar-refractivity contribution is -0.170. The number of aliphatic hydroxyl groups excluding tert-OH is 3. The first-order valence-electron chi connectivity index (χ1n) is 4.89. The molecule has 0 aliphatic carbocycles. The van der Waals surface area contributed by atoms with Crippen LogP contribution >= 0.6 is 0 Å². The molecule has 7 heteroatoms. The number of carbonyl (C=O) groups excluding carboxylic acids is 2. The van der Waals surface area contributed by atoms with Crippen LogP contribution in [0.15, 0.2) is 0 Å². The topological polar surface area (TPSA) is 116 Å². The standard InChI is InChI=1S/C9H15NO6/c1-4-9(15)10-5(2-11)8(16-4)7(14)6(13)3-12/h2,4-8,12-14H,3H2,1H3,(H,10,15)/t4-,5+,6?,7-,8?/m1/s1. The number of morpholine rings is 1. The van der Waals surface area contributed by atoms with Crippen LogP contribution in [-0.2, 0) is 14.3 Å². The molecular formula is C9H15NO6. The summed E-state index contributed by atoms with van der Waals surface area (Å²) in [5, 5.41) is 29.9. The zero-order chi connectivity index (χ0) is 12.3. The zero-order valence-corrected chi connectivity index (χ0v) is 8.74. The van der Waals surface area contributed by atoms with Crippen molar-refractivity contribution in [3.63, 3.8) is 0 Å². The van der Waals surface area contributed by atoms with Crippen molar-refractivity contribution in [3.05, 3.63) is 0 Å². The highest BCUT2D eigenvalue weighted by Gasteiger charge is 2.40. The second-order valence-electron chi connectivity index (χ2n) is 3.65. The second kappa shape index (κ2) is 5.35. The number of ether oxygens (including phenoxy) is 1. The van der Waals surface area contributed by atoms with E-state index < -0.39 is 43.0 Å². The minimum atomic E-state index is -1.44. The number of hydrogen-bond donors (Lipinski definition) is 4. The van der Waals surface area contributed by atoms with E-state index in [0.717, 1.165) is 0 Å². The summed E-state index contributed by atoms with van der Waals surface area (Å²) in [6.45, 7) is 0.802. The van der Waals surface area contributed by atoms with E-state index in [9.17, 15) is 19.8 Å². The maximum absolute atomic E-state index is 11.2. The summed E-state index contributed by atoms with van der Waals surface area (Å²) in [7, 11) is 0. The Kier molecular flexibility index (Phi) is 4.36. The largest absolute Gasteiger partial charge is 0.394 e. The Morgan fingerprint density at radius 1 is 1.56 bits per heavy atom. The third kappa shape index (κ3) is 2.56. The number of aliphatic hydroxyl groups is 3. The lowest BCUT2D eigenvalue weighted by Gasteiger charge is -2.36. The van der Waals surface area contributed by atoms with Gasteiger partial charge in [-0.25, -0.2) is 0 Å². The van der Waals surface area contributed by atoms with Gasteiger partial charge in [-0.2, -0.15) is 0 Å². The Labute approximate surface area is 92.0 Å². The number of nitrogens with one attached hydrogen (secondary N) is 1. The number of rotatable bonds is 4. The predicted molar refractivity (Wildman–Crippen MR) is 51.4 cm³/mol. The number of amides is 1. The molecular weight excluding hydrogens is 218 g/mol. The molecule has 1 saturated heterocycles. The number of carbonyl (C=O) groups is 2. The van der Waals surface area contributed by atoms with Gasteiger partial charge in [-0.15, -0.1) is 0 Å². The molecule has 1 rings (SSSR count). The summed E-state index contributed by atoms with van der Waals surface area (Å²) in [5.74, 6) is -0.459. The average Bonchev–Trinajstić information content (AvgIpc) is 2.30. The Balaban J connectivity index is 2.76. The van der Waals surface area contributed by atoms with Gasteiger partial charge in [0.25, 0.3) is 0 Å². The van der Waals surface area contributed by atoms with Gasteiger partial charge in [0.1, 0.15) is 36.7 Å². The van der Waals surface area contributed by atoms with Crippen molar-refractivity contribution >= 4 is 12.2 Å². The van der Waals surface area contributed by atoms with Gasteiger partial charge in [0, 0.05) is 0 Å². The van der Waals surface area contributed by atoms with Crippen LogP contribution in [-0.4, -0.2) is 64.6 Å². The van der Waals surface area contributed by atoms with Crippen molar-refractivity contribution in [1.82, 2.24) is 5.32 Å². The predicted octanol–water partition coefficient (Wildman–Crippen LogP) is -2.83. The maximum Gasteiger partial charge on any atom is 0.249 e. The second-order valence-corrected chi connectivity index (χ2v) is 3.65. The highest BCUT2D eigenvalue weighted by Crippen LogP contribution is 2.15. The summed E-state index contributed by atoms with van der Waals surface area (Å²) in [6, 6.07) is -1.03. The van der Waals surface area contributed by atoms with E-state index in [1.54, 1.807) is 0 Å². The van der Waals surface area contributed by atoms with E-state index in [2.05, 4.69) is 5.32 Å². The van der Waals surface area contributed by atoms with E-state index in [1.165, 1.54) is 6.92 Å². The minimum Gasteiger partial charge on any atom is -0.394 e. The molecule has 1 aliphatic rings. The van der Waals surface area contributed by atoms with Crippen molar-refractivity contribution < 1.29 is 29.6 Å². The third-order valence-corrected chi connectivity index (χ3v) is 2.46. The Morgan fingerprint density at radius 3 is 2.69 bits per heavy atom. The molecule has 0 bridgehead atoms. The summed E-state index contributed by atoms with van der Waals surface area (Å²) in [5.41, 5.74) is 0. The lowest BCUT2D eigenvalue weighted by Crippen LogP contribution is -2.61. The van der Waals surface area contributed by atoms with Gasteiger partial charge in [0.05, 0.1) is 6.61 Å². The van der Waals surface area contributed by atoms with Crippen LogP contribution in [0.4, 0.5) is 0 Å². The fourth-order valence-corrected chi connectivity index (χ4v) is 1.48. The molecule has 0 aromatic rings. The van der Waals surface area contributed by atoms with Crippen molar-refractivity contribution in [2.24, 2.45) is 0 Å². The van der Waals surface area contributed by atoms with Crippen LogP contribution in [0, 0.1) is 0 Å².